The summed E-state index contributed by atoms with van der Waals surface area (Å²) >= 11 is 0. The third kappa shape index (κ3) is 8.09. The van der Waals surface area contributed by atoms with Crippen molar-refractivity contribution in [3.05, 3.63) is 72.4 Å². The van der Waals surface area contributed by atoms with Gasteiger partial charge in [0.15, 0.2) is 0 Å². The number of nitrogens with zero attached hydrogens (tertiary/aromatic N) is 8. The van der Waals surface area contributed by atoms with Gasteiger partial charge in [0.1, 0.15) is 35.5 Å². The monoisotopic (exact) mass is 665 g/mol. The molecule has 6 heterocycles. The standard InChI is InChI=1S/C36H43N9O4/c1-35(2,3)49-34(47)44-17-15-42(16-18-44)19-20-48-28-21-29(32-27(22-37)24-40-45(32)25-28)26-8-9-31(39-23-26)43-13-10-36(4,11-14-43)41-33(46)30-7-5-6-12-38-30/h5-9,12,21,23-25H,10-11,13-20H2,1-4H3,(H,41,46). The van der Waals surface area contributed by atoms with E-state index in [4.69, 9.17) is 14.5 Å². The first-order valence-electron chi connectivity index (χ1n) is 16.7. The Hall–Kier alpha value is -5.22. The third-order valence-electron chi connectivity index (χ3n) is 8.97. The van der Waals surface area contributed by atoms with Crippen LogP contribution in [0.5, 0.6) is 5.75 Å². The molecule has 4 aromatic heterocycles. The summed E-state index contributed by atoms with van der Waals surface area (Å²) in [6, 6.07) is 13.5. The smallest absolute Gasteiger partial charge is 0.410 e. The van der Waals surface area contributed by atoms with Gasteiger partial charge in [-0.25, -0.2) is 14.3 Å². The van der Waals surface area contributed by atoms with Gasteiger partial charge in [-0.15, -0.1) is 0 Å². The summed E-state index contributed by atoms with van der Waals surface area (Å²) in [4.78, 5) is 40.3. The average molecular weight is 666 g/mol. The molecule has 2 aliphatic rings. The van der Waals surface area contributed by atoms with Gasteiger partial charge < -0.3 is 24.6 Å². The summed E-state index contributed by atoms with van der Waals surface area (Å²) in [6.07, 6.45) is 8.07. The predicted octanol–water partition coefficient (Wildman–Crippen LogP) is 4.38. The molecule has 2 aliphatic heterocycles. The van der Waals surface area contributed by atoms with Crippen LogP contribution in [-0.4, -0.2) is 105 Å². The fraction of sp³-hybridized carbons (Fsp3) is 0.444. The lowest BCUT2D eigenvalue weighted by atomic mass is 9.89. The zero-order valence-electron chi connectivity index (χ0n) is 28.6. The quantitative estimate of drug-likeness (QED) is 0.288. The van der Waals surface area contributed by atoms with Gasteiger partial charge in [-0.1, -0.05) is 6.07 Å². The summed E-state index contributed by atoms with van der Waals surface area (Å²) in [7, 11) is 0. The van der Waals surface area contributed by atoms with E-state index in [-0.39, 0.29) is 17.5 Å². The largest absolute Gasteiger partial charge is 0.491 e. The van der Waals surface area contributed by atoms with Crippen LogP contribution in [0, 0.1) is 11.3 Å². The van der Waals surface area contributed by atoms with E-state index in [1.165, 1.54) is 0 Å². The molecule has 256 valence electrons. The lowest BCUT2D eigenvalue weighted by Crippen LogP contribution is -2.53. The summed E-state index contributed by atoms with van der Waals surface area (Å²) in [6.45, 7) is 13.0. The number of amides is 2. The highest BCUT2D eigenvalue weighted by atomic mass is 16.6. The van der Waals surface area contributed by atoms with Gasteiger partial charge in [-0.2, -0.15) is 10.4 Å². The molecule has 0 radical (unpaired) electrons. The van der Waals surface area contributed by atoms with Crippen molar-refractivity contribution in [1.82, 2.24) is 34.7 Å². The molecule has 0 saturated carbocycles. The molecule has 0 spiro atoms. The number of ether oxygens (including phenoxy) is 2. The highest BCUT2D eigenvalue weighted by Gasteiger charge is 2.32. The van der Waals surface area contributed by atoms with Gasteiger partial charge in [-0.05, 0) is 70.9 Å². The molecule has 0 atom stereocenters. The number of piperidine rings is 1. The van der Waals surface area contributed by atoms with Crippen molar-refractivity contribution >= 4 is 23.3 Å². The van der Waals surface area contributed by atoms with E-state index in [0.29, 0.717) is 48.8 Å². The number of nitriles is 1. The Kier molecular flexibility index (Phi) is 9.69. The number of aromatic nitrogens is 4. The number of nitrogens with one attached hydrogen (secondary N) is 1. The number of piperazine rings is 1. The maximum Gasteiger partial charge on any atom is 0.410 e. The van der Waals surface area contributed by atoms with Crippen LogP contribution < -0.4 is 15.0 Å². The van der Waals surface area contributed by atoms with Gasteiger partial charge in [0.05, 0.1) is 23.5 Å². The number of hydrogen-bond acceptors (Lipinski definition) is 10. The van der Waals surface area contributed by atoms with E-state index in [1.54, 1.807) is 40.1 Å². The molecule has 49 heavy (non-hydrogen) atoms. The van der Waals surface area contributed by atoms with Gasteiger partial charge in [0.25, 0.3) is 5.91 Å². The Labute approximate surface area is 286 Å². The van der Waals surface area contributed by atoms with Crippen molar-refractivity contribution in [2.24, 2.45) is 0 Å². The summed E-state index contributed by atoms with van der Waals surface area (Å²) in [5.41, 5.74) is 2.39. The number of anilines is 1. The van der Waals surface area contributed by atoms with Gasteiger partial charge in [0.2, 0.25) is 0 Å². The first kappa shape index (κ1) is 33.7. The van der Waals surface area contributed by atoms with Crippen LogP contribution in [0.15, 0.2) is 61.2 Å². The van der Waals surface area contributed by atoms with Crippen molar-refractivity contribution in [3.8, 4) is 22.9 Å². The minimum Gasteiger partial charge on any atom is -0.491 e. The highest BCUT2D eigenvalue weighted by Crippen LogP contribution is 2.32. The maximum atomic E-state index is 12.7. The molecule has 2 fully saturated rings. The summed E-state index contributed by atoms with van der Waals surface area (Å²) in [5, 5.41) is 17.4. The Morgan fingerprint density at radius 2 is 1.80 bits per heavy atom. The molecule has 0 unspecified atom stereocenters. The molecule has 2 amide bonds. The van der Waals surface area contributed by atoms with E-state index in [2.05, 4.69) is 38.2 Å². The second kappa shape index (κ2) is 14.1. The van der Waals surface area contributed by atoms with E-state index < -0.39 is 5.60 Å². The zero-order chi connectivity index (χ0) is 34.6. The number of pyridine rings is 3. The van der Waals surface area contributed by atoms with Crippen LogP contribution in [0.4, 0.5) is 10.6 Å². The fourth-order valence-electron chi connectivity index (χ4n) is 6.17. The van der Waals surface area contributed by atoms with Gasteiger partial charge in [-0.3, -0.25) is 14.7 Å². The first-order chi connectivity index (χ1) is 23.5. The summed E-state index contributed by atoms with van der Waals surface area (Å²) < 4.78 is 13.4. The molecule has 2 saturated heterocycles. The van der Waals surface area contributed by atoms with Crippen molar-refractivity contribution in [2.45, 2.75) is 51.7 Å². The maximum absolute atomic E-state index is 12.7. The summed E-state index contributed by atoms with van der Waals surface area (Å²) in [5.74, 6) is 1.33. The van der Waals surface area contributed by atoms with E-state index in [1.807, 2.05) is 51.2 Å². The van der Waals surface area contributed by atoms with Crippen molar-refractivity contribution in [3.63, 3.8) is 0 Å². The third-order valence-corrected chi connectivity index (χ3v) is 8.97. The Bertz CT molecular complexity index is 1810. The van der Waals surface area contributed by atoms with E-state index in [9.17, 15) is 14.9 Å². The molecule has 13 nitrogen and oxygen atoms in total. The minimum absolute atomic E-state index is 0.161. The van der Waals surface area contributed by atoms with Crippen LogP contribution in [-0.2, 0) is 4.74 Å². The lowest BCUT2D eigenvalue weighted by molar-refractivity contribution is 0.0137. The highest BCUT2D eigenvalue weighted by molar-refractivity contribution is 5.92. The minimum atomic E-state index is -0.512. The Balaban J connectivity index is 1.08. The second-order valence-corrected chi connectivity index (χ2v) is 13.8. The SMILES string of the molecule is CC1(NC(=O)c2ccccn2)CCN(c2ccc(-c3cc(OCCN4CCN(C(=O)OC(C)(C)C)CC4)cn4ncc(C#N)c34)cn2)CC1. The second-order valence-electron chi connectivity index (χ2n) is 13.8. The van der Waals surface area contributed by atoms with Crippen molar-refractivity contribution < 1.29 is 19.1 Å². The number of carbonyl (C=O) groups excluding carboxylic acids is 2. The van der Waals surface area contributed by atoms with Crippen LogP contribution >= 0.6 is 0 Å². The van der Waals surface area contributed by atoms with Gasteiger partial charge in [0, 0.05) is 74.9 Å². The molecule has 13 heteroatoms. The van der Waals surface area contributed by atoms with Crippen LogP contribution in [0.25, 0.3) is 16.6 Å². The van der Waals surface area contributed by atoms with Crippen molar-refractivity contribution in [1.29, 1.82) is 5.26 Å². The van der Waals surface area contributed by atoms with E-state index in [0.717, 1.165) is 56.0 Å². The van der Waals surface area contributed by atoms with Gasteiger partial charge >= 0.3 is 6.09 Å². The lowest BCUT2D eigenvalue weighted by Gasteiger charge is -2.40. The molecule has 0 aromatic carbocycles. The van der Waals surface area contributed by atoms with Crippen LogP contribution in [0.3, 0.4) is 0 Å². The van der Waals surface area contributed by atoms with Crippen LogP contribution in [0.1, 0.15) is 56.6 Å². The zero-order valence-corrected chi connectivity index (χ0v) is 28.6. The fourth-order valence-corrected chi connectivity index (χ4v) is 6.17. The molecule has 0 aliphatic carbocycles. The molecule has 4 aromatic rings. The molecule has 6 rings (SSSR count). The van der Waals surface area contributed by atoms with Crippen molar-refractivity contribution in [2.75, 3.05) is 57.3 Å². The number of hydrogen-bond donors (Lipinski definition) is 1. The Morgan fingerprint density at radius 1 is 1.02 bits per heavy atom. The average Bonchev–Trinajstić information content (AvgIpc) is 3.51. The molecular weight excluding hydrogens is 622 g/mol. The number of fused-ring (bicyclic) bond motifs is 1. The first-order valence-corrected chi connectivity index (χ1v) is 16.7. The Morgan fingerprint density at radius 3 is 2.45 bits per heavy atom. The molecule has 1 N–H and O–H groups in total. The molecule has 0 bridgehead atoms. The van der Waals surface area contributed by atoms with E-state index >= 15 is 0 Å². The predicted molar refractivity (Wildman–Crippen MR) is 184 cm³/mol. The van der Waals surface area contributed by atoms with Crippen LogP contribution in [0.2, 0.25) is 0 Å². The number of rotatable bonds is 8. The number of carbonyl (C=O) groups is 2. The topological polar surface area (TPSA) is 141 Å². The normalized spacial score (nSPS) is 16.6. The molecular formula is C36H43N9O4.